The van der Waals surface area contributed by atoms with Gasteiger partial charge in [0.05, 0.1) is 11.5 Å². The highest BCUT2D eigenvalue weighted by molar-refractivity contribution is 7.89. The number of hydrogen-bond donors (Lipinski definition) is 2. The highest BCUT2D eigenvalue weighted by Gasteiger charge is 2.12. The summed E-state index contributed by atoms with van der Waals surface area (Å²) in [7, 11) is -2.05. The zero-order valence-corrected chi connectivity index (χ0v) is 8.93. The molecule has 0 heterocycles. The van der Waals surface area contributed by atoms with Crippen LogP contribution in [0.1, 0.15) is 11.1 Å². The van der Waals surface area contributed by atoms with E-state index in [1.807, 2.05) is 6.92 Å². The molecule has 0 aliphatic rings. The molecule has 0 amide bonds. The first-order valence-electron chi connectivity index (χ1n) is 4.15. The Kier molecular flexibility index (Phi) is 3.25. The van der Waals surface area contributed by atoms with Gasteiger partial charge in [-0.15, -0.1) is 0 Å². The third kappa shape index (κ3) is 2.12. The molecule has 0 saturated carbocycles. The van der Waals surface area contributed by atoms with Gasteiger partial charge in [0, 0.05) is 0 Å². The Labute approximate surface area is 83.6 Å². The Bertz CT molecular complexity index is 426. The first kappa shape index (κ1) is 11.2. The van der Waals surface area contributed by atoms with E-state index in [0.29, 0.717) is 5.56 Å². The predicted molar refractivity (Wildman–Crippen MR) is 53.3 cm³/mol. The van der Waals surface area contributed by atoms with Crippen molar-refractivity contribution in [2.24, 2.45) is 0 Å². The molecule has 14 heavy (non-hydrogen) atoms. The molecular weight excluding hydrogens is 202 g/mol. The molecule has 0 saturated heterocycles. The highest BCUT2D eigenvalue weighted by Crippen LogP contribution is 2.14. The van der Waals surface area contributed by atoms with Gasteiger partial charge in [0.25, 0.3) is 0 Å². The molecule has 5 heteroatoms. The smallest absolute Gasteiger partial charge is 0.240 e. The van der Waals surface area contributed by atoms with Gasteiger partial charge in [-0.1, -0.05) is 6.07 Å². The summed E-state index contributed by atoms with van der Waals surface area (Å²) < 4.78 is 25.0. The second-order valence-electron chi connectivity index (χ2n) is 2.95. The Morgan fingerprint density at radius 3 is 2.57 bits per heavy atom. The number of aryl methyl sites for hydroxylation is 1. The largest absolute Gasteiger partial charge is 0.392 e. The van der Waals surface area contributed by atoms with Gasteiger partial charge >= 0.3 is 0 Å². The van der Waals surface area contributed by atoms with E-state index in [-0.39, 0.29) is 11.5 Å². The quantitative estimate of drug-likeness (QED) is 0.766. The van der Waals surface area contributed by atoms with Crippen LogP contribution >= 0.6 is 0 Å². The van der Waals surface area contributed by atoms with Gasteiger partial charge in [-0.05, 0) is 37.2 Å². The topological polar surface area (TPSA) is 66.4 Å². The third-order valence-electron chi connectivity index (χ3n) is 2.07. The van der Waals surface area contributed by atoms with E-state index >= 15 is 0 Å². The monoisotopic (exact) mass is 215 g/mol. The lowest BCUT2D eigenvalue weighted by molar-refractivity contribution is 0.280. The van der Waals surface area contributed by atoms with Crippen LogP contribution in [-0.2, 0) is 16.6 Å². The second kappa shape index (κ2) is 4.08. The SMILES string of the molecule is CNS(=O)(=O)c1ccc(C)c(CO)c1. The fraction of sp³-hybridized carbons (Fsp3) is 0.333. The van der Waals surface area contributed by atoms with Crippen LogP contribution in [0, 0.1) is 6.92 Å². The van der Waals surface area contributed by atoms with E-state index in [1.165, 1.54) is 19.2 Å². The number of rotatable bonds is 3. The molecular formula is C9H13NO3S. The van der Waals surface area contributed by atoms with Crippen LogP contribution in [0.4, 0.5) is 0 Å². The third-order valence-corrected chi connectivity index (χ3v) is 3.48. The maximum atomic E-state index is 11.4. The first-order chi connectivity index (χ1) is 6.51. The Hall–Kier alpha value is -0.910. The molecule has 0 spiro atoms. The zero-order chi connectivity index (χ0) is 10.8. The fourth-order valence-corrected chi connectivity index (χ4v) is 1.88. The molecule has 1 aromatic rings. The molecule has 4 nitrogen and oxygen atoms in total. The molecule has 0 radical (unpaired) electrons. The Balaban J connectivity index is 3.26. The van der Waals surface area contributed by atoms with Crippen LogP contribution in [0.15, 0.2) is 23.1 Å². The van der Waals surface area contributed by atoms with Crippen molar-refractivity contribution in [1.82, 2.24) is 4.72 Å². The number of nitrogens with one attached hydrogen (secondary N) is 1. The molecule has 0 aliphatic heterocycles. The number of aliphatic hydroxyl groups is 1. The lowest BCUT2D eigenvalue weighted by Gasteiger charge is -2.06. The maximum Gasteiger partial charge on any atom is 0.240 e. The first-order valence-corrected chi connectivity index (χ1v) is 5.63. The lowest BCUT2D eigenvalue weighted by Crippen LogP contribution is -2.18. The summed E-state index contributed by atoms with van der Waals surface area (Å²) in [5, 5.41) is 8.97. The Morgan fingerprint density at radius 2 is 2.07 bits per heavy atom. The van der Waals surface area contributed by atoms with Crippen molar-refractivity contribution in [2.45, 2.75) is 18.4 Å². The van der Waals surface area contributed by atoms with E-state index in [2.05, 4.69) is 4.72 Å². The van der Waals surface area contributed by atoms with Crippen molar-refractivity contribution in [2.75, 3.05) is 7.05 Å². The van der Waals surface area contributed by atoms with Crippen molar-refractivity contribution < 1.29 is 13.5 Å². The van der Waals surface area contributed by atoms with E-state index in [9.17, 15) is 8.42 Å². The van der Waals surface area contributed by atoms with E-state index in [1.54, 1.807) is 6.07 Å². The van der Waals surface area contributed by atoms with Crippen molar-refractivity contribution in [3.63, 3.8) is 0 Å². The number of benzene rings is 1. The maximum absolute atomic E-state index is 11.4. The lowest BCUT2D eigenvalue weighted by atomic mass is 10.1. The summed E-state index contributed by atoms with van der Waals surface area (Å²) in [6.07, 6.45) is 0. The van der Waals surface area contributed by atoms with Crippen LogP contribution in [0.2, 0.25) is 0 Å². The highest BCUT2D eigenvalue weighted by atomic mass is 32.2. The fourth-order valence-electron chi connectivity index (χ4n) is 1.10. The van der Waals surface area contributed by atoms with Crippen LogP contribution < -0.4 is 4.72 Å². The summed E-state index contributed by atoms with van der Waals surface area (Å²) in [6.45, 7) is 1.67. The van der Waals surface area contributed by atoms with Crippen molar-refractivity contribution in [3.8, 4) is 0 Å². The van der Waals surface area contributed by atoms with Gasteiger partial charge in [-0.2, -0.15) is 0 Å². The summed E-state index contributed by atoms with van der Waals surface area (Å²) in [5.74, 6) is 0. The zero-order valence-electron chi connectivity index (χ0n) is 8.11. The molecule has 0 atom stereocenters. The molecule has 78 valence electrons. The molecule has 0 aromatic heterocycles. The normalized spacial score (nSPS) is 11.6. The molecule has 0 unspecified atom stereocenters. The minimum absolute atomic E-state index is 0.154. The van der Waals surface area contributed by atoms with Crippen LogP contribution in [0.5, 0.6) is 0 Å². The summed E-state index contributed by atoms with van der Waals surface area (Å²) >= 11 is 0. The second-order valence-corrected chi connectivity index (χ2v) is 4.84. The Morgan fingerprint density at radius 1 is 1.43 bits per heavy atom. The molecule has 2 N–H and O–H groups in total. The van der Waals surface area contributed by atoms with Crippen molar-refractivity contribution in [3.05, 3.63) is 29.3 Å². The van der Waals surface area contributed by atoms with E-state index in [4.69, 9.17) is 5.11 Å². The van der Waals surface area contributed by atoms with Crippen molar-refractivity contribution in [1.29, 1.82) is 0 Å². The predicted octanol–water partition coefficient (Wildman–Crippen LogP) is 0.395. The van der Waals surface area contributed by atoms with E-state index < -0.39 is 10.0 Å². The van der Waals surface area contributed by atoms with Gasteiger partial charge in [0.15, 0.2) is 0 Å². The molecule has 0 aliphatic carbocycles. The van der Waals surface area contributed by atoms with Gasteiger partial charge < -0.3 is 5.11 Å². The van der Waals surface area contributed by atoms with Crippen LogP contribution in [0.25, 0.3) is 0 Å². The molecule has 0 fully saturated rings. The van der Waals surface area contributed by atoms with Gasteiger partial charge in [0.1, 0.15) is 0 Å². The molecule has 1 rings (SSSR count). The summed E-state index contributed by atoms with van der Waals surface area (Å²) in [4.78, 5) is 0.176. The minimum Gasteiger partial charge on any atom is -0.392 e. The van der Waals surface area contributed by atoms with Crippen LogP contribution in [-0.4, -0.2) is 20.6 Å². The number of aliphatic hydroxyl groups excluding tert-OH is 1. The van der Waals surface area contributed by atoms with Crippen molar-refractivity contribution >= 4 is 10.0 Å². The summed E-state index contributed by atoms with van der Waals surface area (Å²) in [6, 6.07) is 4.66. The number of sulfonamides is 1. The average molecular weight is 215 g/mol. The number of hydrogen-bond acceptors (Lipinski definition) is 3. The van der Waals surface area contributed by atoms with Gasteiger partial charge in [-0.25, -0.2) is 13.1 Å². The summed E-state index contributed by atoms with van der Waals surface area (Å²) in [5.41, 5.74) is 1.50. The van der Waals surface area contributed by atoms with Gasteiger partial charge in [0.2, 0.25) is 10.0 Å². The van der Waals surface area contributed by atoms with E-state index in [0.717, 1.165) is 5.56 Å². The van der Waals surface area contributed by atoms with Crippen LogP contribution in [0.3, 0.4) is 0 Å². The molecule has 0 bridgehead atoms. The standard InChI is InChI=1S/C9H13NO3S/c1-7-3-4-9(5-8(7)6-11)14(12,13)10-2/h3-5,10-11H,6H2,1-2H3. The minimum atomic E-state index is -3.41. The average Bonchev–Trinajstić information content (AvgIpc) is 2.18. The molecule has 1 aromatic carbocycles. The van der Waals surface area contributed by atoms with Gasteiger partial charge in [-0.3, -0.25) is 0 Å².